The Morgan fingerprint density at radius 3 is 2.65 bits per heavy atom. The number of methoxy groups -OCH3 is 1. The minimum Gasteiger partial charge on any atom is -0.467 e. The third kappa shape index (κ3) is 4.89. The summed E-state index contributed by atoms with van der Waals surface area (Å²) in [5.74, 6) is 0.818. The zero-order valence-electron chi connectivity index (χ0n) is 10.3. The van der Waals surface area contributed by atoms with E-state index in [9.17, 15) is 8.42 Å². The highest BCUT2D eigenvalue weighted by molar-refractivity contribution is 7.89. The van der Waals surface area contributed by atoms with Crippen LogP contribution in [-0.2, 0) is 14.8 Å². The van der Waals surface area contributed by atoms with Gasteiger partial charge in [0, 0.05) is 13.7 Å². The molecule has 0 amide bonds. The first-order valence-corrected chi connectivity index (χ1v) is 7.13. The summed E-state index contributed by atoms with van der Waals surface area (Å²) >= 11 is 0. The lowest BCUT2D eigenvalue weighted by atomic mass is 10.3. The van der Waals surface area contributed by atoms with Crippen molar-refractivity contribution in [3.63, 3.8) is 0 Å². The molecule has 5 nitrogen and oxygen atoms in total. The Labute approximate surface area is 102 Å². The number of hydrogen-bond acceptors (Lipinski definition) is 4. The normalized spacial score (nSPS) is 14.1. The Hall–Kier alpha value is -0.850. The van der Waals surface area contributed by atoms with Crippen molar-refractivity contribution >= 4 is 10.0 Å². The van der Waals surface area contributed by atoms with Gasteiger partial charge in [0.15, 0.2) is 0 Å². The summed E-state index contributed by atoms with van der Waals surface area (Å²) < 4.78 is 36.1. The van der Waals surface area contributed by atoms with E-state index in [0.717, 1.165) is 0 Å². The highest BCUT2D eigenvalue weighted by atomic mass is 32.2. The molecule has 1 N–H and O–H groups in total. The smallest absolute Gasteiger partial charge is 0.211 e. The number of hydrogen-bond donors (Lipinski definition) is 1. The molecule has 0 aliphatic carbocycles. The van der Waals surface area contributed by atoms with Gasteiger partial charge in [0.1, 0.15) is 11.9 Å². The van der Waals surface area contributed by atoms with Crippen LogP contribution >= 0.6 is 0 Å². The third-order valence-corrected chi connectivity index (χ3v) is 3.90. The zero-order valence-corrected chi connectivity index (χ0v) is 11.2. The predicted octanol–water partition coefficient (Wildman–Crippen LogP) is 1.54. The summed E-state index contributed by atoms with van der Waals surface area (Å²) in [6.07, 6.45) is 1.14. The van der Waals surface area contributed by atoms with Gasteiger partial charge in [-0.05, 0) is 18.1 Å². The molecule has 0 bridgehead atoms. The van der Waals surface area contributed by atoms with Crippen molar-refractivity contribution in [3.8, 4) is 0 Å². The molecule has 0 unspecified atom stereocenters. The van der Waals surface area contributed by atoms with Crippen LogP contribution in [0.15, 0.2) is 22.8 Å². The first kappa shape index (κ1) is 14.2. The van der Waals surface area contributed by atoms with Gasteiger partial charge in [-0.15, -0.1) is 0 Å². The van der Waals surface area contributed by atoms with Gasteiger partial charge in [-0.3, -0.25) is 0 Å². The van der Waals surface area contributed by atoms with E-state index < -0.39 is 16.1 Å². The lowest BCUT2D eigenvalue weighted by Gasteiger charge is -2.14. The molecule has 0 aliphatic heterocycles. The van der Waals surface area contributed by atoms with Gasteiger partial charge in [0.25, 0.3) is 0 Å². The van der Waals surface area contributed by atoms with Crippen molar-refractivity contribution in [2.75, 3.05) is 19.4 Å². The second kappa shape index (κ2) is 6.18. The summed E-state index contributed by atoms with van der Waals surface area (Å²) in [7, 11) is -1.73. The fourth-order valence-corrected chi connectivity index (χ4v) is 2.88. The largest absolute Gasteiger partial charge is 0.467 e. The Balaban J connectivity index is 2.54. The second-order valence-corrected chi connectivity index (χ2v) is 6.11. The minimum atomic E-state index is -3.25. The van der Waals surface area contributed by atoms with Crippen LogP contribution in [-0.4, -0.2) is 27.8 Å². The van der Waals surface area contributed by atoms with E-state index in [1.165, 1.54) is 13.4 Å². The van der Waals surface area contributed by atoms with E-state index in [-0.39, 0.29) is 18.2 Å². The monoisotopic (exact) mass is 261 g/mol. The standard InChI is InChI=1S/C11H19NO4S/c1-9(2)8-17(13,14)12-7-11(15-3)10-5-4-6-16-10/h4-6,9,11-12H,7-8H2,1-3H3/t11-/m1/s1. The molecule has 1 aromatic heterocycles. The molecule has 17 heavy (non-hydrogen) atoms. The average Bonchev–Trinajstić information content (AvgIpc) is 2.69. The summed E-state index contributed by atoms with van der Waals surface area (Å²) in [5, 5.41) is 0. The molecule has 0 saturated carbocycles. The molecule has 0 aliphatic rings. The number of furan rings is 1. The molecule has 0 saturated heterocycles. The lowest BCUT2D eigenvalue weighted by molar-refractivity contribution is 0.0878. The molecule has 1 aromatic rings. The van der Waals surface area contributed by atoms with Gasteiger partial charge in [-0.25, -0.2) is 13.1 Å². The van der Waals surface area contributed by atoms with Crippen LogP contribution in [0.1, 0.15) is 25.7 Å². The summed E-state index contributed by atoms with van der Waals surface area (Å²) in [4.78, 5) is 0. The highest BCUT2D eigenvalue weighted by Crippen LogP contribution is 2.16. The Kier molecular flexibility index (Phi) is 5.17. The fraction of sp³-hybridized carbons (Fsp3) is 0.636. The van der Waals surface area contributed by atoms with Gasteiger partial charge in [0.05, 0.1) is 12.0 Å². The van der Waals surface area contributed by atoms with Gasteiger partial charge in [0.2, 0.25) is 10.0 Å². The van der Waals surface area contributed by atoms with Crippen LogP contribution in [0, 0.1) is 5.92 Å². The first-order valence-electron chi connectivity index (χ1n) is 5.48. The van der Waals surface area contributed by atoms with Crippen LogP contribution < -0.4 is 4.72 Å². The molecule has 98 valence electrons. The summed E-state index contributed by atoms with van der Waals surface area (Å²) in [6.45, 7) is 3.90. The average molecular weight is 261 g/mol. The minimum absolute atomic E-state index is 0.0945. The van der Waals surface area contributed by atoms with E-state index >= 15 is 0 Å². The van der Waals surface area contributed by atoms with Crippen LogP contribution in [0.2, 0.25) is 0 Å². The van der Waals surface area contributed by atoms with Gasteiger partial charge < -0.3 is 9.15 Å². The van der Waals surface area contributed by atoms with E-state index in [0.29, 0.717) is 5.76 Å². The van der Waals surface area contributed by atoms with Gasteiger partial charge in [-0.1, -0.05) is 13.8 Å². The second-order valence-electron chi connectivity index (χ2n) is 4.26. The number of ether oxygens (including phenoxy) is 1. The van der Waals surface area contributed by atoms with Crippen LogP contribution in [0.5, 0.6) is 0 Å². The van der Waals surface area contributed by atoms with Crippen molar-refractivity contribution in [1.29, 1.82) is 0 Å². The Morgan fingerprint density at radius 1 is 1.47 bits per heavy atom. The van der Waals surface area contributed by atoms with Crippen molar-refractivity contribution in [1.82, 2.24) is 4.72 Å². The highest BCUT2D eigenvalue weighted by Gasteiger charge is 2.18. The quantitative estimate of drug-likeness (QED) is 0.808. The van der Waals surface area contributed by atoms with Crippen molar-refractivity contribution in [2.24, 2.45) is 5.92 Å². The van der Waals surface area contributed by atoms with Crippen molar-refractivity contribution in [2.45, 2.75) is 20.0 Å². The molecule has 0 fully saturated rings. The SMILES string of the molecule is CO[C@H](CNS(=O)(=O)CC(C)C)c1ccco1. The Morgan fingerprint density at radius 2 is 2.18 bits per heavy atom. The molecule has 0 aromatic carbocycles. The van der Waals surface area contributed by atoms with E-state index in [2.05, 4.69) is 4.72 Å². The lowest BCUT2D eigenvalue weighted by Crippen LogP contribution is -2.32. The maximum atomic E-state index is 11.6. The first-order chi connectivity index (χ1) is 7.94. The number of sulfonamides is 1. The number of rotatable bonds is 7. The molecule has 1 heterocycles. The molecule has 0 spiro atoms. The van der Waals surface area contributed by atoms with Gasteiger partial charge >= 0.3 is 0 Å². The van der Waals surface area contributed by atoms with E-state index in [4.69, 9.17) is 9.15 Å². The molecular formula is C11H19NO4S. The van der Waals surface area contributed by atoms with Crippen LogP contribution in [0.25, 0.3) is 0 Å². The molecule has 1 rings (SSSR count). The third-order valence-electron chi connectivity index (χ3n) is 2.19. The van der Waals surface area contributed by atoms with Crippen LogP contribution in [0.3, 0.4) is 0 Å². The predicted molar refractivity (Wildman–Crippen MR) is 65.1 cm³/mol. The van der Waals surface area contributed by atoms with E-state index in [1.54, 1.807) is 12.1 Å². The topological polar surface area (TPSA) is 68.5 Å². The summed E-state index contributed by atoms with van der Waals surface area (Å²) in [6, 6.07) is 3.49. The maximum Gasteiger partial charge on any atom is 0.211 e. The van der Waals surface area contributed by atoms with E-state index in [1.807, 2.05) is 13.8 Å². The molecule has 1 atom stereocenters. The number of nitrogens with one attached hydrogen (secondary N) is 1. The Bertz CT molecular complexity index is 411. The zero-order chi connectivity index (χ0) is 12.9. The molecular weight excluding hydrogens is 242 g/mol. The molecule has 6 heteroatoms. The maximum absolute atomic E-state index is 11.6. The molecule has 0 radical (unpaired) electrons. The van der Waals surface area contributed by atoms with Gasteiger partial charge in [-0.2, -0.15) is 0 Å². The van der Waals surface area contributed by atoms with Crippen LogP contribution in [0.4, 0.5) is 0 Å². The van der Waals surface area contributed by atoms with Crippen molar-refractivity contribution in [3.05, 3.63) is 24.2 Å². The van der Waals surface area contributed by atoms with Crippen molar-refractivity contribution < 1.29 is 17.6 Å². The fourth-order valence-electron chi connectivity index (χ4n) is 1.47. The summed E-state index contributed by atoms with van der Waals surface area (Å²) in [5.41, 5.74) is 0.